The molecule has 1 aliphatic carbocycles. The van der Waals surface area contributed by atoms with Crippen LogP contribution in [0.3, 0.4) is 0 Å². The number of carbonyl (C=O) groups excluding carboxylic acids is 2. The van der Waals surface area contributed by atoms with Gasteiger partial charge in [-0.3, -0.25) is 4.79 Å². The Hall–Kier alpha value is -3.81. The Labute approximate surface area is 194 Å². The van der Waals surface area contributed by atoms with Crippen molar-refractivity contribution < 1.29 is 23.8 Å². The number of benzene rings is 2. The zero-order valence-electron chi connectivity index (χ0n) is 19.2. The van der Waals surface area contributed by atoms with E-state index in [2.05, 4.69) is 11.8 Å². The standard InChI is InChI=1S/C27H27NO5/c1-5-31-25(29)18(2)14-15-22-24(27(22,3)4)26(30)33-23(17-28)19-10-9-13-21(16-19)32-20-11-7-6-8-12-20/h6-13,15-16,22-24H,5H2,1-4H3/t14?,22-,23-,24+/m1/s1. The van der Waals surface area contributed by atoms with E-state index in [9.17, 15) is 14.9 Å². The Morgan fingerprint density at radius 2 is 1.82 bits per heavy atom. The van der Waals surface area contributed by atoms with E-state index in [1.807, 2.05) is 44.2 Å². The van der Waals surface area contributed by atoms with Crippen molar-refractivity contribution in [2.75, 3.05) is 6.61 Å². The van der Waals surface area contributed by atoms with Gasteiger partial charge < -0.3 is 14.2 Å². The van der Waals surface area contributed by atoms with E-state index >= 15 is 0 Å². The van der Waals surface area contributed by atoms with Gasteiger partial charge in [0.25, 0.3) is 0 Å². The number of para-hydroxylation sites is 1. The molecule has 6 nitrogen and oxygen atoms in total. The minimum Gasteiger partial charge on any atom is -0.462 e. The zero-order valence-corrected chi connectivity index (χ0v) is 19.2. The van der Waals surface area contributed by atoms with Crippen molar-refractivity contribution in [3.63, 3.8) is 0 Å². The molecule has 0 aliphatic heterocycles. The molecule has 33 heavy (non-hydrogen) atoms. The summed E-state index contributed by atoms with van der Waals surface area (Å²) in [6, 6.07) is 18.3. The van der Waals surface area contributed by atoms with Crippen LogP contribution in [-0.2, 0) is 19.1 Å². The van der Waals surface area contributed by atoms with Crippen LogP contribution in [0.2, 0.25) is 0 Å². The maximum atomic E-state index is 12.9. The molecule has 1 saturated carbocycles. The van der Waals surface area contributed by atoms with Gasteiger partial charge in [0.1, 0.15) is 17.6 Å². The number of esters is 2. The molecule has 0 radical (unpaired) electrons. The third-order valence-corrected chi connectivity index (χ3v) is 5.72. The van der Waals surface area contributed by atoms with Crippen molar-refractivity contribution >= 4 is 11.9 Å². The lowest BCUT2D eigenvalue weighted by Gasteiger charge is -2.13. The number of ether oxygens (including phenoxy) is 3. The van der Waals surface area contributed by atoms with E-state index in [0.29, 0.717) is 22.6 Å². The Balaban J connectivity index is 1.70. The van der Waals surface area contributed by atoms with Crippen molar-refractivity contribution in [3.8, 4) is 17.6 Å². The molecule has 0 aromatic heterocycles. The summed E-state index contributed by atoms with van der Waals surface area (Å²) in [7, 11) is 0. The van der Waals surface area contributed by atoms with E-state index in [-0.39, 0.29) is 17.9 Å². The predicted molar refractivity (Wildman–Crippen MR) is 122 cm³/mol. The van der Waals surface area contributed by atoms with Crippen molar-refractivity contribution in [2.45, 2.75) is 33.8 Å². The third-order valence-electron chi connectivity index (χ3n) is 5.72. The summed E-state index contributed by atoms with van der Waals surface area (Å²) in [5, 5.41) is 9.65. The van der Waals surface area contributed by atoms with Gasteiger partial charge in [0.05, 0.1) is 18.1 Å². The van der Waals surface area contributed by atoms with Gasteiger partial charge in [-0.15, -0.1) is 5.73 Å². The largest absolute Gasteiger partial charge is 0.462 e. The molecular weight excluding hydrogens is 418 g/mol. The average Bonchev–Trinajstić information content (AvgIpc) is 3.36. The van der Waals surface area contributed by atoms with Crippen LogP contribution in [0, 0.1) is 28.6 Å². The third kappa shape index (κ3) is 5.71. The van der Waals surface area contributed by atoms with Crippen molar-refractivity contribution in [3.05, 3.63) is 77.5 Å². The number of carbonyl (C=O) groups is 2. The molecular formula is C27H27NO5. The Bertz CT molecular complexity index is 1120. The fourth-order valence-electron chi connectivity index (χ4n) is 3.68. The Kier molecular flexibility index (Phi) is 7.37. The number of nitrogens with zero attached hydrogens (tertiary/aromatic N) is 1. The number of rotatable bonds is 8. The molecule has 6 heteroatoms. The van der Waals surface area contributed by atoms with Crippen LogP contribution in [0.1, 0.15) is 39.4 Å². The lowest BCUT2D eigenvalue weighted by molar-refractivity contribution is -0.149. The van der Waals surface area contributed by atoms with Gasteiger partial charge in [-0.05, 0) is 49.6 Å². The van der Waals surface area contributed by atoms with Crippen molar-refractivity contribution in [2.24, 2.45) is 17.3 Å². The molecule has 3 atom stereocenters. The van der Waals surface area contributed by atoms with Crippen LogP contribution in [0.4, 0.5) is 0 Å². The first-order chi connectivity index (χ1) is 15.8. The smallest absolute Gasteiger partial charge is 0.341 e. The summed E-state index contributed by atoms with van der Waals surface area (Å²) in [5.41, 5.74) is 3.44. The first-order valence-electron chi connectivity index (χ1n) is 10.8. The molecule has 0 N–H and O–H groups in total. The molecule has 0 heterocycles. The number of hydrogen-bond donors (Lipinski definition) is 0. The summed E-state index contributed by atoms with van der Waals surface area (Å²) in [6.45, 7) is 7.52. The van der Waals surface area contributed by atoms with E-state index in [1.54, 1.807) is 44.2 Å². The Morgan fingerprint density at radius 3 is 2.48 bits per heavy atom. The van der Waals surface area contributed by atoms with Gasteiger partial charge >= 0.3 is 11.9 Å². The molecule has 170 valence electrons. The molecule has 0 bridgehead atoms. The van der Waals surface area contributed by atoms with E-state index < -0.39 is 24.0 Å². The van der Waals surface area contributed by atoms with Crippen LogP contribution < -0.4 is 4.74 Å². The summed E-state index contributed by atoms with van der Waals surface area (Å²) in [6.07, 6.45) is 0.656. The van der Waals surface area contributed by atoms with E-state index in [0.717, 1.165) is 0 Å². The highest BCUT2D eigenvalue weighted by Crippen LogP contribution is 2.59. The molecule has 1 fully saturated rings. The molecule has 0 spiro atoms. The molecule has 1 aliphatic rings. The normalized spacial score (nSPS) is 18.6. The van der Waals surface area contributed by atoms with Crippen molar-refractivity contribution in [1.82, 2.24) is 0 Å². The average molecular weight is 446 g/mol. The lowest BCUT2D eigenvalue weighted by atomic mass is 10.1. The summed E-state index contributed by atoms with van der Waals surface area (Å²) in [5.74, 6) is -0.268. The van der Waals surface area contributed by atoms with Crippen LogP contribution in [-0.4, -0.2) is 18.5 Å². The summed E-state index contributed by atoms with van der Waals surface area (Å²) >= 11 is 0. The second-order valence-corrected chi connectivity index (χ2v) is 8.41. The van der Waals surface area contributed by atoms with Crippen LogP contribution >= 0.6 is 0 Å². The molecule has 2 aromatic carbocycles. The van der Waals surface area contributed by atoms with E-state index in [1.165, 1.54) is 0 Å². The van der Waals surface area contributed by atoms with Gasteiger partial charge in [-0.25, -0.2) is 4.79 Å². The van der Waals surface area contributed by atoms with Gasteiger partial charge in [0.15, 0.2) is 0 Å². The molecule has 2 aromatic rings. The predicted octanol–water partition coefficient (Wildman–Crippen LogP) is 5.52. The summed E-state index contributed by atoms with van der Waals surface area (Å²) < 4.78 is 16.3. The first kappa shape index (κ1) is 23.8. The monoisotopic (exact) mass is 445 g/mol. The van der Waals surface area contributed by atoms with Gasteiger partial charge in [-0.1, -0.05) is 44.2 Å². The quantitative estimate of drug-likeness (QED) is 0.302. The van der Waals surface area contributed by atoms with Gasteiger partial charge in [0.2, 0.25) is 6.10 Å². The molecule has 0 unspecified atom stereocenters. The fourth-order valence-corrected chi connectivity index (χ4v) is 3.68. The van der Waals surface area contributed by atoms with Crippen LogP contribution in [0.5, 0.6) is 11.5 Å². The highest BCUT2D eigenvalue weighted by Gasteiger charge is 2.61. The summed E-state index contributed by atoms with van der Waals surface area (Å²) in [4.78, 5) is 24.6. The minimum atomic E-state index is -1.06. The maximum Gasteiger partial charge on any atom is 0.341 e. The fraction of sp³-hybridized carbons (Fsp3) is 0.333. The number of hydrogen-bond acceptors (Lipinski definition) is 6. The molecule has 0 amide bonds. The number of nitriles is 1. The minimum absolute atomic E-state index is 0.151. The molecule has 0 saturated heterocycles. The Morgan fingerprint density at radius 1 is 1.12 bits per heavy atom. The van der Waals surface area contributed by atoms with Crippen LogP contribution in [0.25, 0.3) is 0 Å². The zero-order chi connectivity index (χ0) is 24.0. The maximum absolute atomic E-state index is 12.9. The lowest BCUT2D eigenvalue weighted by Crippen LogP contribution is -2.14. The second kappa shape index (κ2) is 10.2. The van der Waals surface area contributed by atoms with Gasteiger partial charge in [-0.2, -0.15) is 5.26 Å². The highest BCUT2D eigenvalue weighted by atomic mass is 16.5. The molecule has 3 rings (SSSR count). The van der Waals surface area contributed by atoms with Gasteiger partial charge in [0, 0.05) is 11.5 Å². The highest BCUT2D eigenvalue weighted by molar-refractivity contribution is 5.87. The second-order valence-electron chi connectivity index (χ2n) is 8.41. The first-order valence-corrected chi connectivity index (χ1v) is 10.8. The van der Waals surface area contributed by atoms with Crippen LogP contribution in [0.15, 0.2) is 72.0 Å². The topological polar surface area (TPSA) is 85.6 Å². The van der Waals surface area contributed by atoms with E-state index in [4.69, 9.17) is 14.2 Å². The SMILES string of the molecule is CCOC(=O)C(C)=C=C[C@@H]1[C@@H](C(=O)O[C@H](C#N)c2cccc(Oc3ccccc3)c2)C1(C)C. The van der Waals surface area contributed by atoms with Crippen molar-refractivity contribution in [1.29, 1.82) is 5.26 Å².